The zero-order valence-corrected chi connectivity index (χ0v) is 18.7. The minimum Gasteiger partial charge on any atom is -1.00 e. The van der Waals surface area contributed by atoms with Crippen LogP contribution in [-0.4, -0.2) is 28.3 Å². The largest absolute Gasteiger partial charge is 1.00 e. The average molecular weight is 425 g/mol. The molecule has 0 saturated carbocycles. The van der Waals surface area contributed by atoms with Crippen LogP contribution in [0.1, 0.15) is 123 Å². The van der Waals surface area contributed by atoms with Crippen LogP contribution in [-0.2, 0) is 0 Å². The van der Waals surface area contributed by atoms with E-state index in [2.05, 4.69) is 6.92 Å². The normalized spacial score (nSPS) is 11.5. The van der Waals surface area contributed by atoms with Crippen molar-refractivity contribution in [2.45, 2.75) is 123 Å². The molecule has 0 saturated heterocycles. The molecule has 0 unspecified atom stereocenters. The van der Waals surface area contributed by atoms with Gasteiger partial charge in [0.15, 0.2) is 0 Å². The summed E-state index contributed by atoms with van der Waals surface area (Å²) in [5.74, 6) is 0. The van der Waals surface area contributed by atoms with Gasteiger partial charge in [0.1, 0.15) is 13.1 Å². The van der Waals surface area contributed by atoms with Crippen molar-refractivity contribution in [3.8, 4) is 0 Å². The van der Waals surface area contributed by atoms with Gasteiger partial charge in [0.2, 0.25) is 0 Å². The molecular formula is C21H46BrNO2. The zero-order valence-electron chi connectivity index (χ0n) is 17.2. The molecular weight excluding hydrogens is 378 g/mol. The van der Waals surface area contributed by atoms with Crippen molar-refractivity contribution in [3.05, 3.63) is 0 Å². The van der Waals surface area contributed by atoms with E-state index in [4.69, 9.17) is 0 Å². The van der Waals surface area contributed by atoms with Crippen LogP contribution >= 0.6 is 0 Å². The van der Waals surface area contributed by atoms with Gasteiger partial charge in [0.25, 0.3) is 0 Å². The molecule has 0 radical (unpaired) electrons. The molecule has 0 aromatic carbocycles. The van der Waals surface area contributed by atoms with Crippen molar-refractivity contribution in [1.82, 2.24) is 0 Å². The van der Waals surface area contributed by atoms with Crippen molar-refractivity contribution in [2.24, 2.45) is 0 Å². The van der Waals surface area contributed by atoms with Crippen LogP contribution in [0, 0.1) is 0 Å². The van der Waals surface area contributed by atoms with Crippen molar-refractivity contribution in [3.63, 3.8) is 0 Å². The Morgan fingerprint density at radius 2 is 0.760 bits per heavy atom. The summed E-state index contributed by atoms with van der Waals surface area (Å²) in [6, 6.07) is 0. The van der Waals surface area contributed by atoms with Crippen LogP contribution in [0.5, 0.6) is 0 Å². The SMILES string of the molecule is CCCCCCCCCCCCCCCCCC[N+](O)(O)CCC.[Br-]. The number of halogens is 1. The zero-order chi connectivity index (χ0) is 17.9. The molecule has 3 nitrogen and oxygen atoms in total. The van der Waals surface area contributed by atoms with Crippen LogP contribution < -0.4 is 17.0 Å². The van der Waals surface area contributed by atoms with E-state index < -0.39 is 4.81 Å². The number of rotatable bonds is 19. The highest BCUT2D eigenvalue weighted by Crippen LogP contribution is 2.14. The lowest BCUT2D eigenvalue weighted by atomic mass is 10.0. The third-order valence-corrected chi connectivity index (χ3v) is 4.95. The lowest BCUT2D eigenvalue weighted by Crippen LogP contribution is -3.00. The lowest BCUT2D eigenvalue weighted by Gasteiger charge is -2.20. The van der Waals surface area contributed by atoms with Gasteiger partial charge in [-0.3, -0.25) is 0 Å². The Morgan fingerprint density at radius 1 is 0.440 bits per heavy atom. The van der Waals surface area contributed by atoms with Crippen molar-refractivity contribution >= 4 is 0 Å². The molecule has 0 bridgehead atoms. The third-order valence-electron chi connectivity index (χ3n) is 4.95. The molecule has 2 N–H and O–H groups in total. The van der Waals surface area contributed by atoms with Crippen LogP contribution in [0.25, 0.3) is 0 Å². The van der Waals surface area contributed by atoms with Gasteiger partial charge < -0.3 is 17.0 Å². The third kappa shape index (κ3) is 22.3. The second-order valence-electron chi connectivity index (χ2n) is 7.63. The standard InChI is InChI=1S/C21H46NO2.BrH/c1-3-5-6-7-8-9-10-11-12-13-14-15-16-17-18-19-21-22(23,24)20-4-2;/h23-24H,3-21H2,1-2H3;1H/q+1;/p-1. The molecule has 0 spiro atoms. The van der Waals surface area contributed by atoms with Crippen LogP contribution in [0.4, 0.5) is 0 Å². The summed E-state index contributed by atoms with van der Waals surface area (Å²) >= 11 is 0. The van der Waals surface area contributed by atoms with Crippen molar-refractivity contribution in [2.75, 3.05) is 13.1 Å². The Morgan fingerprint density at radius 3 is 1.08 bits per heavy atom. The summed E-state index contributed by atoms with van der Waals surface area (Å²) in [6.45, 7) is 5.18. The smallest absolute Gasteiger partial charge is 0.142 e. The summed E-state index contributed by atoms with van der Waals surface area (Å²) in [4.78, 5) is -0.783. The van der Waals surface area contributed by atoms with Gasteiger partial charge in [0, 0.05) is 6.42 Å². The van der Waals surface area contributed by atoms with Gasteiger partial charge in [-0.2, -0.15) is 10.4 Å². The first kappa shape index (κ1) is 27.6. The first-order valence-electron chi connectivity index (χ1n) is 10.9. The molecule has 25 heavy (non-hydrogen) atoms. The van der Waals surface area contributed by atoms with E-state index in [-0.39, 0.29) is 17.0 Å². The molecule has 0 aliphatic heterocycles. The van der Waals surface area contributed by atoms with E-state index in [0.29, 0.717) is 13.1 Å². The second kappa shape index (κ2) is 20.7. The molecule has 0 fully saturated rings. The van der Waals surface area contributed by atoms with E-state index in [0.717, 1.165) is 19.3 Å². The number of quaternary nitrogens is 1. The fraction of sp³-hybridized carbons (Fsp3) is 1.00. The van der Waals surface area contributed by atoms with E-state index in [1.165, 1.54) is 89.9 Å². The second-order valence-corrected chi connectivity index (χ2v) is 7.63. The van der Waals surface area contributed by atoms with E-state index >= 15 is 0 Å². The fourth-order valence-corrected chi connectivity index (χ4v) is 3.38. The number of unbranched alkanes of at least 4 members (excludes halogenated alkanes) is 15. The van der Waals surface area contributed by atoms with Crippen LogP contribution in [0.15, 0.2) is 0 Å². The quantitative estimate of drug-likeness (QED) is 0.185. The minimum absolute atomic E-state index is 0. The molecule has 154 valence electrons. The Bertz CT molecular complexity index is 250. The van der Waals surface area contributed by atoms with Crippen molar-refractivity contribution < 1.29 is 32.2 Å². The summed E-state index contributed by atoms with van der Waals surface area (Å²) in [5.41, 5.74) is 0. The summed E-state index contributed by atoms with van der Waals surface area (Å²) in [5, 5.41) is 19.2. The monoisotopic (exact) mass is 423 g/mol. The molecule has 0 aliphatic carbocycles. The average Bonchev–Trinajstić information content (AvgIpc) is 2.54. The molecule has 0 amide bonds. The topological polar surface area (TPSA) is 40.5 Å². The van der Waals surface area contributed by atoms with Crippen LogP contribution in [0.2, 0.25) is 0 Å². The number of nitrogens with zero attached hydrogens (tertiary/aromatic N) is 1. The Balaban J connectivity index is 0. The van der Waals surface area contributed by atoms with E-state index in [1.54, 1.807) is 0 Å². The summed E-state index contributed by atoms with van der Waals surface area (Å²) in [6.07, 6.45) is 22.4. The van der Waals surface area contributed by atoms with Gasteiger partial charge in [-0.25, -0.2) is 0 Å². The Hall–Kier alpha value is 0.360. The van der Waals surface area contributed by atoms with Gasteiger partial charge in [-0.15, -0.1) is 0 Å². The number of hydrogen-bond donors (Lipinski definition) is 2. The van der Waals surface area contributed by atoms with E-state index in [9.17, 15) is 10.4 Å². The minimum atomic E-state index is -0.783. The van der Waals surface area contributed by atoms with E-state index in [1.807, 2.05) is 6.92 Å². The first-order valence-corrected chi connectivity index (χ1v) is 10.9. The highest BCUT2D eigenvalue weighted by Gasteiger charge is 2.19. The number of hydrogen-bond acceptors (Lipinski definition) is 2. The molecule has 0 rings (SSSR count). The predicted molar refractivity (Wildman–Crippen MR) is 103 cm³/mol. The Kier molecular flexibility index (Phi) is 22.8. The molecule has 0 heterocycles. The first-order chi connectivity index (χ1) is 11.6. The summed E-state index contributed by atoms with van der Waals surface area (Å²) in [7, 11) is 0. The highest BCUT2D eigenvalue weighted by atomic mass is 79.9. The molecule has 0 atom stereocenters. The Labute approximate surface area is 168 Å². The fourth-order valence-electron chi connectivity index (χ4n) is 3.38. The maximum Gasteiger partial charge on any atom is 0.142 e. The van der Waals surface area contributed by atoms with Crippen LogP contribution in [0.3, 0.4) is 0 Å². The molecule has 0 aromatic heterocycles. The van der Waals surface area contributed by atoms with Gasteiger partial charge in [-0.1, -0.05) is 104 Å². The van der Waals surface area contributed by atoms with Crippen molar-refractivity contribution in [1.29, 1.82) is 0 Å². The molecule has 4 heteroatoms. The maximum absolute atomic E-state index is 9.62. The highest BCUT2D eigenvalue weighted by molar-refractivity contribution is 4.49. The molecule has 0 aliphatic rings. The summed E-state index contributed by atoms with van der Waals surface area (Å²) < 4.78 is 0. The molecule has 0 aromatic rings. The lowest BCUT2D eigenvalue weighted by molar-refractivity contribution is -1.24. The van der Waals surface area contributed by atoms with Gasteiger partial charge in [-0.05, 0) is 17.7 Å². The predicted octanol–water partition coefficient (Wildman–Crippen LogP) is 4.26. The number of hydroxylamine groups is 4. The maximum atomic E-state index is 9.62. The van der Waals surface area contributed by atoms with Gasteiger partial charge >= 0.3 is 0 Å². The van der Waals surface area contributed by atoms with Gasteiger partial charge in [0.05, 0.1) is 0 Å².